The van der Waals surface area contributed by atoms with Crippen LogP contribution in [0.5, 0.6) is 0 Å². The predicted octanol–water partition coefficient (Wildman–Crippen LogP) is -3.17. The van der Waals surface area contributed by atoms with Gasteiger partial charge in [0.15, 0.2) is 0 Å². The van der Waals surface area contributed by atoms with Gasteiger partial charge in [0, 0.05) is 12.8 Å². The van der Waals surface area contributed by atoms with Gasteiger partial charge in [0.2, 0.25) is 23.6 Å². The second-order valence-electron chi connectivity index (χ2n) is 7.60. The summed E-state index contributed by atoms with van der Waals surface area (Å²) in [6.45, 7) is -0.752. The molecule has 4 atom stereocenters. The Morgan fingerprint density at radius 2 is 1.37 bits per heavy atom. The van der Waals surface area contributed by atoms with Gasteiger partial charge in [0.25, 0.3) is 0 Å². The van der Waals surface area contributed by atoms with E-state index in [-0.39, 0.29) is 6.42 Å². The first kappa shape index (κ1) is 29.0. The van der Waals surface area contributed by atoms with E-state index in [4.69, 9.17) is 21.7 Å². The lowest BCUT2D eigenvalue weighted by atomic mass is 10.0. The number of aliphatic carboxylic acids is 2. The van der Waals surface area contributed by atoms with Crippen molar-refractivity contribution in [2.45, 2.75) is 49.9 Å². The van der Waals surface area contributed by atoms with Crippen LogP contribution in [0.4, 0.5) is 0 Å². The first-order chi connectivity index (χ1) is 16.4. The number of carbonyl (C=O) groups is 6. The second-order valence-corrected chi connectivity index (χ2v) is 7.60. The molecule has 0 fully saturated rings. The Morgan fingerprint density at radius 1 is 0.829 bits per heavy atom. The Morgan fingerprint density at radius 3 is 1.89 bits per heavy atom. The van der Waals surface area contributed by atoms with Gasteiger partial charge >= 0.3 is 11.9 Å². The number of carbonyl (C=O) groups excluding carboxylic acids is 4. The molecule has 0 saturated heterocycles. The van der Waals surface area contributed by atoms with Crippen molar-refractivity contribution in [2.75, 3.05) is 6.61 Å². The van der Waals surface area contributed by atoms with E-state index >= 15 is 0 Å². The first-order valence-electron chi connectivity index (χ1n) is 10.5. The summed E-state index contributed by atoms with van der Waals surface area (Å²) in [7, 11) is 0. The van der Waals surface area contributed by atoms with Gasteiger partial charge < -0.3 is 42.7 Å². The van der Waals surface area contributed by atoms with Crippen LogP contribution in [0.15, 0.2) is 30.3 Å². The Bertz CT molecular complexity index is 925. The number of aliphatic hydroxyl groups is 1. The fraction of sp³-hybridized carbons (Fsp3) is 0.429. The molecule has 14 nitrogen and oxygen atoms in total. The van der Waals surface area contributed by atoms with Gasteiger partial charge in [-0.1, -0.05) is 30.3 Å². The number of rotatable bonds is 15. The monoisotopic (exact) mass is 495 g/mol. The van der Waals surface area contributed by atoms with Crippen molar-refractivity contribution in [3.8, 4) is 0 Å². The molecule has 0 aromatic heterocycles. The summed E-state index contributed by atoms with van der Waals surface area (Å²) in [5, 5.41) is 34.1. The van der Waals surface area contributed by atoms with E-state index in [0.717, 1.165) is 0 Å². The molecular formula is C21H29N5O9. The van der Waals surface area contributed by atoms with E-state index in [1.807, 2.05) is 0 Å². The molecule has 35 heavy (non-hydrogen) atoms. The number of primary amides is 1. The number of carboxylic acid groups (broad SMARTS) is 2. The molecule has 0 spiro atoms. The third kappa shape index (κ3) is 10.6. The maximum absolute atomic E-state index is 12.8. The minimum Gasteiger partial charge on any atom is -0.481 e. The fourth-order valence-corrected chi connectivity index (χ4v) is 2.90. The number of benzene rings is 1. The van der Waals surface area contributed by atoms with Crippen LogP contribution in [0.25, 0.3) is 0 Å². The van der Waals surface area contributed by atoms with Gasteiger partial charge in [-0.2, -0.15) is 0 Å². The predicted molar refractivity (Wildman–Crippen MR) is 119 cm³/mol. The summed E-state index contributed by atoms with van der Waals surface area (Å²) in [5.74, 6) is -6.66. The SMILES string of the molecule is NC(=O)CC(NC(=O)C(N)CO)C(=O)NC(CCC(=O)O)C(=O)NC(Cc1ccccc1)C(=O)O. The molecule has 0 heterocycles. The minimum absolute atomic E-state index is 0.0824. The van der Waals surface area contributed by atoms with Crippen LogP contribution in [-0.4, -0.2) is 81.7 Å². The molecule has 0 radical (unpaired) electrons. The molecule has 192 valence electrons. The number of amides is 4. The average Bonchev–Trinajstić information content (AvgIpc) is 2.80. The van der Waals surface area contributed by atoms with Gasteiger partial charge in [-0.3, -0.25) is 24.0 Å². The van der Waals surface area contributed by atoms with E-state index in [1.165, 1.54) is 0 Å². The van der Waals surface area contributed by atoms with Crippen LogP contribution >= 0.6 is 0 Å². The molecule has 1 aromatic rings. The maximum Gasteiger partial charge on any atom is 0.326 e. The van der Waals surface area contributed by atoms with Crippen LogP contribution in [0, 0.1) is 0 Å². The van der Waals surface area contributed by atoms with Crippen LogP contribution in [-0.2, 0) is 35.2 Å². The van der Waals surface area contributed by atoms with E-state index in [9.17, 15) is 33.9 Å². The van der Waals surface area contributed by atoms with E-state index in [1.54, 1.807) is 30.3 Å². The van der Waals surface area contributed by atoms with Crippen molar-refractivity contribution in [2.24, 2.45) is 11.5 Å². The Labute approximate surface area is 200 Å². The lowest BCUT2D eigenvalue weighted by Crippen LogP contribution is -2.58. The van der Waals surface area contributed by atoms with Gasteiger partial charge in [-0.05, 0) is 12.0 Å². The highest BCUT2D eigenvalue weighted by atomic mass is 16.4. The van der Waals surface area contributed by atoms with Crippen LogP contribution in [0.1, 0.15) is 24.8 Å². The first-order valence-corrected chi connectivity index (χ1v) is 10.5. The van der Waals surface area contributed by atoms with E-state index < -0.39 is 85.6 Å². The molecule has 1 rings (SSSR count). The van der Waals surface area contributed by atoms with Crippen molar-refractivity contribution < 1.29 is 44.1 Å². The van der Waals surface area contributed by atoms with Crippen LogP contribution in [0.2, 0.25) is 0 Å². The molecule has 4 amide bonds. The summed E-state index contributed by atoms with van der Waals surface area (Å²) >= 11 is 0. The lowest BCUT2D eigenvalue weighted by molar-refractivity contribution is -0.143. The summed E-state index contributed by atoms with van der Waals surface area (Å²) in [5.41, 5.74) is 11.1. The average molecular weight is 495 g/mol. The zero-order valence-electron chi connectivity index (χ0n) is 18.7. The number of hydrogen-bond donors (Lipinski definition) is 8. The molecule has 4 unspecified atom stereocenters. The molecule has 1 aromatic carbocycles. The Kier molecular flexibility index (Phi) is 11.8. The standard InChI is InChI=1S/C21H29N5O9/c22-12(10-27)18(31)25-14(9-16(23)28)20(33)24-13(6-7-17(29)30)19(32)26-15(21(34)35)8-11-4-2-1-3-5-11/h1-5,12-15,27H,6-10,22H2,(H2,23,28)(H,24,33)(H,25,31)(H,26,32)(H,29,30)(H,34,35). The summed E-state index contributed by atoms with van der Waals surface area (Å²) in [6, 6.07) is 2.50. The molecule has 0 aliphatic heterocycles. The number of nitrogens with one attached hydrogen (secondary N) is 3. The maximum atomic E-state index is 12.8. The highest BCUT2D eigenvalue weighted by Crippen LogP contribution is 2.06. The highest BCUT2D eigenvalue weighted by molar-refractivity contribution is 5.96. The van der Waals surface area contributed by atoms with E-state index in [0.29, 0.717) is 5.56 Å². The van der Waals surface area contributed by atoms with Crippen molar-refractivity contribution in [1.82, 2.24) is 16.0 Å². The van der Waals surface area contributed by atoms with Crippen molar-refractivity contribution >= 4 is 35.6 Å². The molecule has 0 aliphatic rings. The largest absolute Gasteiger partial charge is 0.481 e. The van der Waals surface area contributed by atoms with Crippen molar-refractivity contribution in [1.29, 1.82) is 0 Å². The quantitative estimate of drug-likeness (QED) is 0.121. The van der Waals surface area contributed by atoms with Gasteiger partial charge in [0.1, 0.15) is 24.2 Å². The molecule has 10 N–H and O–H groups in total. The van der Waals surface area contributed by atoms with Crippen LogP contribution < -0.4 is 27.4 Å². The zero-order chi connectivity index (χ0) is 26.5. The minimum atomic E-state index is -1.59. The topological polar surface area (TPSA) is 251 Å². The van der Waals surface area contributed by atoms with Gasteiger partial charge in [-0.25, -0.2) is 4.79 Å². The Balaban J connectivity index is 3.04. The normalized spacial score (nSPS) is 14.0. The number of hydrogen-bond acceptors (Lipinski definition) is 8. The highest BCUT2D eigenvalue weighted by Gasteiger charge is 2.31. The van der Waals surface area contributed by atoms with E-state index in [2.05, 4.69) is 16.0 Å². The van der Waals surface area contributed by atoms with Gasteiger partial charge in [0.05, 0.1) is 13.0 Å². The zero-order valence-corrected chi connectivity index (χ0v) is 18.7. The summed E-state index contributed by atoms with van der Waals surface area (Å²) < 4.78 is 0. The molecule has 14 heteroatoms. The number of carboxylic acids is 2. The lowest BCUT2D eigenvalue weighted by Gasteiger charge is -2.24. The van der Waals surface area contributed by atoms with Crippen molar-refractivity contribution in [3.63, 3.8) is 0 Å². The third-order valence-corrected chi connectivity index (χ3v) is 4.75. The smallest absolute Gasteiger partial charge is 0.326 e. The fourth-order valence-electron chi connectivity index (χ4n) is 2.90. The second kappa shape index (κ2) is 14.3. The Hall–Kier alpha value is -4.04. The number of nitrogens with two attached hydrogens (primary N) is 2. The third-order valence-electron chi connectivity index (χ3n) is 4.75. The summed E-state index contributed by atoms with van der Waals surface area (Å²) in [6.07, 6.45) is -1.75. The summed E-state index contributed by atoms with van der Waals surface area (Å²) in [4.78, 5) is 71.5. The molecule has 0 bridgehead atoms. The van der Waals surface area contributed by atoms with Crippen molar-refractivity contribution in [3.05, 3.63) is 35.9 Å². The molecule has 0 saturated carbocycles. The van der Waals surface area contributed by atoms with Crippen LogP contribution in [0.3, 0.4) is 0 Å². The molecule has 0 aliphatic carbocycles. The molecular weight excluding hydrogens is 466 g/mol. The number of aliphatic hydroxyl groups excluding tert-OH is 1. The van der Waals surface area contributed by atoms with Gasteiger partial charge in [-0.15, -0.1) is 0 Å².